The Morgan fingerprint density at radius 2 is 1.96 bits per heavy atom. The van der Waals surface area contributed by atoms with E-state index in [0.29, 0.717) is 26.1 Å². The van der Waals surface area contributed by atoms with Crippen molar-refractivity contribution >= 4 is 23.3 Å². The summed E-state index contributed by atoms with van der Waals surface area (Å²) in [6.45, 7) is 3.70. The first kappa shape index (κ1) is 17.4. The minimum atomic E-state index is -0.190. The number of amides is 3. The maximum absolute atomic E-state index is 12.7. The number of carbonyl (C=O) groups excluding carboxylic acids is 2. The topological polar surface area (TPSA) is 61.9 Å². The minimum absolute atomic E-state index is 0.0197. The summed E-state index contributed by atoms with van der Waals surface area (Å²) in [6.07, 6.45) is 1.18. The zero-order valence-electron chi connectivity index (χ0n) is 15.4. The molecule has 0 saturated carbocycles. The predicted octanol–water partition coefficient (Wildman–Crippen LogP) is 2.96. The van der Waals surface area contributed by atoms with Crippen molar-refractivity contribution in [2.75, 3.05) is 29.5 Å². The zero-order chi connectivity index (χ0) is 18.8. The van der Waals surface area contributed by atoms with Crippen LogP contribution >= 0.6 is 0 Å². The van der Waals surface area contributed by atoms with Crippen molar-refractivity contribution in [2.24, 2.45) is 0 Å². The Morgan fingerprint density at radius 3 is 2.74 bits per heavy atom. The Bertz CT molecular complexity index is 850. The number of nitrogens with one attached hydrogen (secondary N) is 1. The number of para-hydroxylation sites is 1. The second kappa shape index (κ2) is 7.31. The highest BCUT2D eigenvalue weighted by molar-refractivity contribution is 5.98. The number of hydrogen-bond donors (Lipinski definition) is 1. The van der Waals surface area contributed by atoms with Gasteiger partial charge in [-0.05, 0) is 49.2 Å². The van der Waals surface area contributed by atoms with Crippen LogP contribution in [0.5, 0.6) is 5.75 Å². The van der Waals surface area contributed by atoms with Gasteiger partial charge in [0.25, 0.3) is 0 Å². The van der Waals surface area contributed by atoms with Crippen LogP contribution < -0.4 is 19.9 Å². The van der Waals surface area contributed by atoms with Crippen LogP contribution in [0.15, 0.2) is 48.5 Å². The van der Waals surface area contributed by atoms with Gasteiger partial charge in [0, 0.05) is 30.9 Å². The summed E-state index contributed by atoms with van der Waals surface area (Å²) in [4.78, 5) is 28.6. The number of carbonyl (C=O) groups is 2. The summed E-state index contributed by atoms with van der Waals surface area (Å²) < 4.78 is 5.44. The van der Waals surface area contributed by atoms with Gasteiger partial charge in [0.1, 0.15) is 5.75 Å². The van der Waals surface area contributed by atoms with Gasteiger partial charge in [0.2, 0.25) is 5.91 Å². The summed E-state index contributed by atoms with van der Waals surface area (Å²) in [5, 5.41) is 3.02. The second-order valence-corrected chi connectivity index (χ2v) is 6.81. The zero-order valence-corrected chi connectivity index (χ0v) is 15.4. The Morgan fingerprint density at radius 1 is 1.19 bits per heavy atom. The van der Waals surface area contributed by atoms with Gasteiger partial charge in [0.15, 0.2) is 0 Å². The molecule has 0 aromatic heterocycles. The van der Waals surface area contributed by atoms with E-state index in [0.717, 1.165) is 23.5 Å². The molecule has 6 nitrogen and oxygen atoms in total. The van der Waals surface area contributed by atoms with Crippen LogP contribution in [0, 0.1) is 0 Å². The summed E-state index contributed by atoms with van der Waals surface area (Å²) in [6, 6.07) is 15.1. The molecule has 0 spiro atoms. The van der Waals surface area contributed by atoms with Crippen LogP contribution in [0.25, 0.3) is 0 Å². The fraction of sp³-hybridized carbons (Fsp3) is 0.333. The maximum Gasteiger partial charge on any atom is 0.322 e. The van der Waals surface area contributed by atoms with E-state index in [1.54, 1.807) is 9.80 Å². The molecule has 0 radical (unpaired) electrons. The lowest BCUT2D eigenvalue weighted by molar-refractivity contribution is -0.117. The Labute approximate surface area is 158 Å². The number of urea groups is 1. The normalized spacial score (nSPS) is 18.6. The van der Waals surface area contributed by atoms with E-state index < -0.39 is 0 Å². The highest BCUT2D eigenvalue weighted by Gasteiger charge is 2.33. The lowest BCUT2D eigenvalue weighted by Gasteiger charge is -2.21. The molecule has 27 heavy (non-hydrogen) atoms. The second-order valence-electron chi connectivity index (χ2n) is 6.81. The van der Waals surface area contributed by atoms with Crippen molar-refractivity contribution in [3.05, 3.63) is 54.1 Å². The molecule has 1 atom stereocenters. The molecule has 1 fully saturated rings. The molecule has 6 heteroatoms. The monoisotopic (exact) mass is 365 g/mol. The number of rotatable bonds is 4. The lowest BCUT2D eigenvalue weighted by Crippen LogP contribution is -2.45. The van der Waals surface area contributed by atoms with Gasteiger partial charge in [-0.15, -0.1) is 0 Å². The number of nitrogens with zero attached hydrogens (tertiary/aromatic N) is 2. The quantitative estimate of drug-likeness (QED) is 0.906. The van der Waals surface area contributed by atoms with Crippen LogP contribution in [0.4, 0.5) is 16.2 Å². The van der Waals surface area contributed by atoms with E-state index >= 15 is 0 Å². The molecule has 2 aromatic rings. The van der Waals surface area contributed by atoms with E-state index in [-0.39, 0.29) is 18.0 Å². The van der Waals surface area contributed by atoms with Crippen molar-refractivity contribution < 1.29 is 14.3 Å². The summed E-state index contributed by atoms with van der Waals surface area (Å²) in [5.41, 5.74) is 2.97. The first-order chi connectivity index (χ1) is 13.2. The Balaban J connectivity index is 1.40. The lowest BCUT2D eigenvalue weighted by atomic mass is 10.2. The minimum Gasteiger partial charge on any atom is -0.494 e. The molecule has 140 valence electrons. The van der Waals surface area contributed by atoms with Gasteiger partial charge in [-0.25, -0.2) is 4.79 Å². The van der Waals surface area contributed by atoms with Gasteiger partial charge < -0.3 is 15.0 Å². The van der Waals surface area contributed by atoms with Crippen molar-refractivity contribution in [3.8, 4) is 5.75 Å². The highest BCUT2D eigenvalue weighted by Crippen LogP contribution is 2.28. The highest BCUT2D eigenvalue weighted by atomic mass is 16.5. The third-order valence-electron chi connectivity index (χ3n) is 5.04. The number of anilines is 2. The number of fused-ring (bicyclic) bond motifs is 1. The van der Waals surface area contributed by atoms with Crippen molar-refractivity contribution in [3.63, 3.8) is 0 Å². The molecular formula is C21H23N3O3. The molecule has 1 saturated heterocycles. The summed E-state index contributed by atoms with van der Waals surface area (Å²) in [5.74, 6) is 0.803. The van der Waals surface area contributed by atoms with Crippen LogP contribution in [-0.2, 0) is 11.2 Å². The third-order valence-corrected chi connectivity index (χ3v) is 5.04. The summed E-state index contributed by atoms with van der Waals surface area (Å²) in [7, 11) is 0. The molecule has 0 bridgehead atoms. The van der Waals surface area contributed by atoms with Crippen LogP contribution in [0.2, 0.25) is 0 Å². The molecule has 0 aliphatic carbocycles. The van der Waals surface area contributed by atoms with E-state index in [1.165, 1.54) is 5.56 Å². The first-order valence-corrected chi connectivity index (χ1v) is 9.35. The standard InChI is InChI=1S/C21H23N3O3/c1-2-27-18-9-7-17(8-10-18)24-14-16(13-20(24)25)22-21(26)23-12-11-15-5-3-4-6-19(15)23/h3-10,16H,2,11-14H2,1H3,(H,22,26)/t16-/m1/s1. The van der Waals surface area contributed by atoms with E-state index in [2.05, 4.69) is 11.4 Å². The fourth-order valence-corrected chi connectivity index (χ4v) is 3.74. The van der Waals surface area contributed by atoms with Crippen LogP contribution in [0.3, 0.4) is 0 Å². The molecule has 4 rings (SSSR count). The van der Waals surface area contributed by atoms with Gasteiger partial charge in [-0.2, -0.15) is 0 Å². The van der Waals surface area contributed by atoms with Gasteiger partial charge >= 0.3 is 6.03 Å². The molecular weight excluding hydrogens is 342 g/mol. The smallest absolute Gasteiger partial charge is 0.322 e. The van der Waals surface area contributed by atoms with E-state index in [9.17, 15) is 9.59 Å². The number of ether oxygens (including phenoxy) is 1. The first-order valence-electron chi connectivity index (χ1n) is 9.35. The fourth-order valence-electron chi connectivity index (χ4n) is 3.74. The average Bonchev–Trinajstić information content (AvgIpc) is 3.26. The third kappa shape index (κ3) is 3.47. The predicted molar refractivity (Wildman–Crippen MR) is 104 cm³/mol. The number of hydrogen-bond acceptors (Lipinski definition) is 3. The largest absolute Gasteiger partial charge is 0.494 e. The van der Waals surface area contributed by atoms with E-state index in [4.69, 9.17) is 4.74 Å². The van der Waals surface area contributed by atoms with Gasteiger partial charge in [-0.1, -0.05) is 18.2 Å². The summed E-state index contributed by atoms with van der Waals surface area (Å²) >= 11 is 0. The van der Waals surface area contributed by atoms with Crippen molar-refractivity contribution in [1.82, 2.24) is 5.32 Å². The molecule has 2 aromatic carbocycles. The molecule has 2 aliphatic rings. The SMILES string of the molecule is CCOc1ccc(N2C[C@H](NC(=O)N3CCc4ccccc43)CC2=O)cc1. The maximum atomic E-state index is 12.7. The van der Waals surface area contributed by atoms with E-state index in [1.807, 2.05) is 49.4 Å². The van der Waals surface area contributed by atoms with Gasteiger partial charge in [0.05, 0.1) is 12.6 Å². The number of benzene rings is 2. The molecule has 2 aliphatic heterocycles. The van der Waals surface area contributed by atoms with Crippen molar-refractivity contribution in [2.45, 2.75) is 25.8 Å². The molecule has 2 heterocycles. The Hall–Kier alpha value is -3.02. The van der Waals surface area contributed by atoms with Crippen LogP contribution in [-0.4, -0.2) is 37.7 Å². The van der Waals surface area contributed by atoms with Crippen molar-refractivity contribution in [1.29, 1.82) is 0 Å². The average molecular weight is 365 g/mol. The molecule has 3 amide bonds. The van der Waals surface area contributed by atoms with Gasteiger partial charge in [-0.3, -0.25) is 9.69 Å². The molecule has 1 N–H and O–H groups in total. The Kier molecular flexibility index (Phi) is 4.71. The van der Waals surface area contributed by atoms with Crippen LogP contribution in [0.1, 0.15) is 18.9 Å². The molecule has 0 unspecified atom stereocenters.